The molecule has 1 aromatic heterocycles. The summed E-state index contributed by atoms with van der Waals surface area (Å²) in [5, 5.41) is 3.81. The van der Waals surface area contributed by atoms with Crippen LogP contribution >= 0.6 is 11.6 Å². The number of Topliss-reactive ketones (excluding diaryl/α,β-unsaturated/α-hetero) is 1. The maximum Gasteiger partial charge on any atom is 0.200 e. The van der Waals surface area contributed by atoms with E-state index in [9.17, 15) is 13.2 Å². The summed E-state index contributed by atoms with van der Waals surface area (Å²) in [6.45, 7) is 6.58. The molecule has 0 saturated heterocycles. The van der Waals surface area contributed by atoms with Crippen molar-refractivity contribution < 1.29 is 13.2 Å². The van der Waals surface area contributed by atoms with Crippen LogP contribution in [0.3, 0.4) is 0 Å². The lowest BCUT2D eigenvalue weighted by atomic mass is 9.66. The summed E-state index contributed by atoms with van der Waals surface area (Å²) in [5.41, 5.74) is 3.44. The molecular weight excluding hydrogens is 482 g/mol. The van der Waals surface area contributed by atoms with Crippen molar-refractivity contribution in [2.75, 3.05) is 11.6 Å². The Bertz CT molecular complexity index is 1240. The highest BCUT2D eigenvalue weighted by atomic mass is 35.5. The highest BCUT2D eigenvalue weighted by Crippen LogP contribution is 2.42. The summed E-state index contributed by atoms with van der Waals surface area (Å²) in [5.74, 6) is 1.33. The van der Waals surface area contributed by atoms with Crippen LogP contribution in [0, 0.1) is 23.7 Å². The van der Waals surface area contributed by atoms with Gasteiger partial charge in [0.2, 0.25) is 5.78 Å². The molecule has 188 valence electrons. The Morgan fingerprint density at radius 1 is 1.23 bits per heavy atom. The second kappa shape index (κ2) is 10.4. The lowest BCUT2D eigenvalue weighted by Crippen LogP contribution is -2.41. The first-order valence-electron chi connectivity index (χ1n) is 12.4. The third-order valence-corrected chi connectivity index (χ3v) is 9.28. The number of rotatable bonds is 6. The number of hydrogen-bond donors (Lipinski definition) is 1. The number of hydrogen-bond acceptors (Lipinski definition) is 5. The van der Waals surface area contributed by atoms with Crippen LogP contribution in [0.15, 0.2) is 40.2 Å². The molecule has 3 atom stereocenters. The number of aliphatic imine (C=N–C) groups is 1. The van der Waals surface area contributed by atoms with Gasteiger partial charge in [-0.2, -0.15) is 0 Å². The number of fused-ring (bicyclic) bond motifs is 1. The Labute approximate surface area is 213 Å². The normalized spacial score (nSPS) is 23.1. The number of ketones is 1. The van der Waals surface area contributed by atoms with E-state index in [2.05, 4.69) is 17.2 Å². The second-order valence-electron chi connectivity index (χ2n) is 10.1. The Kier molecular flexibility index (Phi) is 7.67. The van der Waals surface area contributed by atoms with Crippen LogP contribution in [-0.2, 0) is 34.0 Å². The van der Waals surface area contributed by atoms with Crippen LogP contribution in [0.1, 0.15) is 56.9 Å². The first-order valence-corrected chi connectivity index (χ1v) is 14.7. The van der Waals surface area contributed by atoms with Gasteiger partial charge in [-0.25, -0.2) is 13.4 Å². The van der Waals surface area contributed by atoms with E-state index in [0.29, 0.717) is 29.2 Å². The van der Waals surface area contributed by atoms with Gasteiger partial charge in [-0.3, -0.25) is 9.79 Å². The molecule has 1 aliphatic carbocycles. The molecule has 35 heavy (non-hydrogen) atoms. The fourth-order valence-electron chi connectivity index (χ4n) is 5.16. The van der Waals surface area contributed by atoms with Gasteiger partial charge in [-0.05, 0) is 59.9 Å². The molecule has 0 bridgehead atoms. The quantitative estimate of drug-likeness (QED) is 0.511. The summed E-state index contributed by atoms with van der Waals surface area (Å²) in [6.07, 6.45) is 6.33. The Balaban J connectivity index is 1.69. The van der Waals surface area contributed by atoms with Gasteiger partial charge in [0.25, 0.3) is 0 Å². The molecule has 1 aromatic carbocycles. The number of aromatic nitrogens is 1. The molecule has 0 radical (unpaired) electrons. The van der Waals surface area contributed by atoms with E-state index in [-0.39, 0.29) is 29.1 Å². The van der Waals surface area contributed by atoms with Crippen molar-refractivity contribution in [3.63, 3.8) is 0 Å². The van der Waals surface area contributed by atoms with Crippen LogP contribution in [0.5, 0.6) is 0 Å². The standard InChI is InChI=1S/C27H34ClN3O3S/c1-5-19-13-23-24(30-26(19)28)14-22(16(2)20-7-6-8-20)17(3)25(32)27(31-23)29-15-18-9-11-21(12-10-18)35(4,33)34/h9-13,16-17,20,22H,5-8,14-15H2,1-4H3,(H,29,31). The molecule has 4 rings (SSSR count). The molecule has 2 aromatic rings. The minimum Gasteiger partial charge on any atom is -0.336 e. The summed E-state index contributed by atoms with van der Waals surface area (Å²) < 4.78 is 23.5. The number of nitrogens with one attached hydrogen (secondary N) is 1. The van der Waals surface area contributed by atoms with Gasteiger partial charge < -0.3 is 5.32 Å². The summed E-state index contributed by atoms with van der Waals surface area (Å²) in [7, 11) is -3.26. The van der Waals surface area contributed by atoms with Crippen LogP contribution in [-0.4, -0.2) is 31.3 Å². The maximum atomic E-state index is 13.7. The predicted molar refractivity (Wildman–Crippen MR) is 141 cm³/mol. The van der Waals surface area contributed by atoms with E-state index < -0.39 is 9.84 Å². The Hall–Kier alpha value is -2.25. The smallest absolute Gasteiger partial charge is 0.200 e. The summed E-state index contributed by atoms with van der Waals surface area (Å²) in [4.78, 5) is 23.3. The molecular formula is C27H34ClN3O3S. The average molecular weight is 516 g/mol. The fraction of sp³-hybridized carbons (Fsp3) is 0.519. The number of benzene rings is 1. The van der Waals surface area contributed by atoms with E-state index in [1.165, 1.54) is 25.5 Å². The van der Waals surface area contributed by atoms with Crippen molar-refractivity contribution in [3.8, 4) is 0 Å². The van der Waals surface area contributed by atoms with E-state index >= 15 is 0 Å². The first kappa shape index (κ1) is 25.8. The molecule has 8 heteroatoms. The highest BCUT2D eigenvalue weighted by molar-refractivity contribution is 7.90. The molecule has 0 amide bonds. The molecule has 1 N–H and O–H groups in total. The number of sulfone groups is 1. The van der Waals surface area contributed by atoms with Gasteiger partial charge in [-0.1, -0.05) is 63.8 Å². The Morgan fingerprint density at radius 2 is 1.91 bits per heavy atom. The molecule has 3 unspecified atom stereocenters. The lowest BCUT2D eigenvalue weighted by molar-refractivity contribution is -0.118. The molecule has 2 heterocycles. The number of anilines is 1. The lowest BCUT2D eigenvalue weighted by Gasteiger charge is -2.40. The van der Waals surface area contributed by atoms with Crippen LogP contribution < -0.4 is 5.32 Å². The van der Waals surface area contributed by atoms with E-state index in [1.54, 1.807) is 24.3 Å². The third kappa shape index (κ3) is 5.61. The van der Waals surface area contributed by atoms with Gasteiger partial charge in [0.15, 0.2) is 15.7 Å². The SMILES string of the molecule is CCc1cc2c(nc1Cl)CC(C(C)C1CCC1)C(C)C(=O)C(=NCc1ccc(S(C)(=O)=O)cc1)N2. The largest absolute Gasteiger partial charge is 0.336 e. The van der Waals surface area contributed by atoms with Crippen molar-refractivity contribution in [3.05, 3.63) is 52.3 Å². The van der Waals surface area contributed by atoms with Crippen molar-refractivity contribution in [2.45, 2.75) is 64.3 Å². The minimum atomic E-state index is -3.26. The van der Waals surface area contributed by atoms with Crippen molar-refractivity contribution in [2.24, 2.45) is 28.7 Å². The van der Waals surface area contributed by atoms with Gasteiger partial charge in [-0.15, -0.1) is 0 Å². The zero-order valence-electron chi connectivity index (χ0n) is 20.8. The van der Waals surface area contributed by atoms with Crippen LogP contribution in [0.2, 0.25) is 5.15 Å². The van der Waals surface area contributed by atoms with Crippen LogP contribution in [0.4, 0.5) is 5.69 Å². The van der Waals surface area contributed by atoms with Crippen molar-refractivity contribution >= 4 is 38.7 Å². The van der Waals surface area contributed by atoms with E-state index in [1.807, 2.05) is 19.9 Å². The first-order chi connectivity index (χ1) is 16.6. The summed E-state index contributed by atoms with van der Waals surface area (Å²) >= 11 is 6.49. The molecule has 1 aliphatic heterocycles. The molecule has 0 spiro atoms. The van der Waals surface area contributed by atoms with E-state index in [4.69, 9.17) is 16.6 Å². The highest BCUT2D eigenvalue weighted by Gasteiger charge is 2.39. The zero-order valence-corrected chi connectivity index (χ0v) is 22.4. The van der Waals surface area contributed by atoms with Crippen molar-refractivity contribution in [1.82, 2.24) is 4.98 Å². The third-order valence-electron chi connectivity index (χ3n) is 7.82. The molecule has 1 fully saturated rings. The van der Waals surface area contributed by atoms with Gasteiger partial charge in [0.1, 0.15) is 5.15 Å². The predicted octanol–water partition coefficient (Wildman–Crippen LogP) is 5.53. The zero-order chi connectivity index (χ0) is 25.3. The minimum absolute atomic E-state index is 0.00702. The number of amidine groups is 1. The van der Waals surface area contributed by atoms with Gasteiger partial charge in [0, 0.05) is 12.2 Å². The second-order valence-corrected chi connectivity index (χ2v) is 12.4. The maximum absolute atomic E-state index is 13.7. The number of pyridine rings is 1. The summed E-state index contributed by atoms with van der Waals surface area (Å²) in [6, 6.07) is 8.62. The fourth-order valence-corrected chi connectivity index (χ4v) is 6.09. The Morgan fingerprint density at radius 3 is 2.49 bits per heavy atom. The number of halogens is 1. The van der Waals surface area contributed by atoms with Gasteiger partial charge >= 0.3 is 0 Å². The topological polar surface area (TPSA) is 88.5 Å². The number of nitrogens with zero attached hydrogens (tertiary/aromatic N) is 2. The van der Waals surface area contributed by atoms with Crippen molar-refractivity contribution in [1.29, 1.82) is 0 Å². The molecule has 1 saturated carbocycles. The monoisotopic (exact) mass is 515 g/mol. The number of carbonyl (C=O) groups is 1. The van der Waals surface area contributed by atoms with E-state index in [0.717, 1.165) is 28.9 Å². The number of carbonyl (C=O) groups excluding carboxylic acids is 1. The molecule has 2 aliphatic rings. The van der Waals surface area contributed by atoms with Crippen LogP contribution in [0.25, 0.3) is 0 Å². The number of aryl methyl sites for hydroxylation is 1. The molecule has 6 nitrogen and oxygen atoms in total. The van der Waals surface area contributed by atoms with Gasteiger partial charge in [0.05, 0.1) is 22.8 Å². The average Bonchev–Trinajstić information content (AvgIpc) is 2.78.